The summed E-state index contributed by atoms with van der Waals surface area (Å²) in [5.41, 5.74) is 0.283. The van der Waals surface area contributed by atoms with Crippen LogP contribution in [0.15, 0.2) is 30.3 Å². The second-order valence-electron chi connectivity index (χ2n) is 4.90. The number of rotatable bonds is 4. The van der Waals surface area contributed by atoms with E-state index in [0.717, 1.165) is 0 Å². The zero-order valence-corrected chi connectivity index (χ0v) is 11.4. The van der Waals surface area contributed by atoms with E-state index in [2.05, 4.69) is 5.32 Å². The van der Waals surface area contributed by atoms with Gasteiger partial charge in [0.05, 0.1) is 12.7 Å². The van der Waals surface area contributed by atoms with Crippen molar-refractivity contribution in [2.24, 2.45) is 0 Å². The van der Waals surface area contributed by atoms with Crippen molar-refractivity contribution >= 4 is 0 Å². The van der Waals surface area contributed by atoms with Gasteiger partial charge in [0.2, 0.25) is 0 Å². The van der Waals surface area contributed by atoms with E-state index >= 15 is 0 Å². The second kappa shape index (κ2) is 6.56. The molecule has 6 heteroatoms. The molecule has 0 amide bonds. The number of halogens is 3. The highest BCUT2D eigenvalue weighted by molar-refractivity contribution is 5.20. The van der Waals surface area contributed by atoms with Crippen LogP contribution in [0.4, 0.5) is 13.2 Å². The normalized spacial score (nSPS) is 22.7. The summed E-state index contributed by atoms with van der Waals surface area (Å²) in [4.78, 5) is 1.46. The average molecular weight is 288 g/mol. The maximum absolute atomic E-state index is 13.4. The SMILES string of the molecule is CNCC1CN(C(c2ccccc2)C(F)(F)F)CCO1. The van der Waals surface area contributed by atoms with Gasteiger partial charge in [0.25, 0.3) is 0 Å². The van der Waals surface area contributed by atoms with Gasteiger partial charge in [0, 0.05) is 19.6 Å². The average Bonchev–Trinajstić information content (AvgIpc) is 2.39. The number of nitrogens with zero attached hydrogens (tertiary/aromatic N) is 1. The van der Waals surface area contributed by atoms with E-state index in [1.54, 1.807) is 25.2 Å². The van der Waals surface area contributed by atoms with Gasteiger partial charge in [-0.1, -0.05) is 30.3 Å². The van der Waals surface area contributed by atoms with E-state index < -0.39 is 12.2 Å². The molecule has 2 atom stereocenters. The van der Waals surface area contributed by atoms with E-state index in [-0.39, 0.29) is 18.2 Å². The molecule has 0 aromatic heterocycles. The Hall–Kier alpha value is -1.11. The van der Waals surface area contributed by atoms with Crippen LogP contribution < -0.4 is 5.32 Å². The molecule has 3 nitrogen and oxygen atoms in total. The second-order valence-corrected chi connectivity index (χ2v) is 4.90. The molecular weight excluding hydrogens is 269 g/mol. The van der Waals surface area contributed by atoms with E-state index in [1.165, 1.54) is 17.0 Å². The van der Waals surface area contributed by atoms with E-state index in [1.807, 2.05) is 0 Å². The first-order chi connectivity index (χ1) is 9.52. The van der Waals surface area contributed by atoms with Gasteiger partial charge < -0.3 is 10.1 Å². The van der Waals surface area contributed by atoms with Gasteiger partial charge in [-0.25, -0.2) is 0 Å². The molecule has 1 heterocycles. The lowest BCUT2D eigenvalue weighted by atomic mass is 10.0. The van der Waals surface area contributed by atoms with Crippen molar-refractivity contribution in [1.29, 1.82) is 0 Å². The molecule has 0 aliphatic carbocycles. The molecule has 1 aromatic rings. The van der Waals surface area contributed by atoms with Gasteiger partial charge in [0.15, 0.2) is 0 Å². The predicted octanol–water partition coefficient (Wildman–Crippen LogP) is 2.21. The number of nitrogens with one attached hydrogen (secondary N) is 1. The van der Waals surface area contributed by atoms with Gasteiger partial charge in [-0.2, -0.15) is 13.2 Å². The summed E-state index contributed by atoms with van der Waals surface area (Å²) >= 11 is 0. The Labute approximate surface area is 116 Å². The minimum absolute atomic E-state index is 0.206. The minimum Gasteiger partial charge on any atom is -0.374 e. The molecule has 1 aliphatic heterocycles. The fourth-order valence-electron chi connectivity index (χ4n) is 2.57. The molecule has 2 unspecified atom stereocenters. The van der Waals surface area contributed by atoms with Crippen molar-refractivity contribution in [2.45, 2.75) is 18.3 Å². The summed E-state index contributed by atoms with van der Waals surface area (Å²) in [6.45, 7) is 1.45. The van der Waals surface area contributed by atoms with Crippen LogP contribution in [0.3, 0.4) is 0 Å². The first kappa shape index (κ1) is 15.3. The number of hydrogen-bond acceptors (Lipinski definition) is 3. The van der Waals surface area contributed by atoms with E-state index in [4.69, 9.17) is 4.74 Å². The summed E-state index contributed by atoms with van der Waals surface area (Å²) < 4.78 is 45.7. The van der Waals surface area contributed by atoms with Crippen molar-refractivity contribution in [2.75, 3.05) is 33.3 Å². The van der Waals surface area contributed by atoms with Crippen LogP contribution in [0.5, 0.6) is 0 Å². The molecule has 1 aliphatic rings. The van der Waals surface area contributed by atoms with Crippen molar-refractivity contribution in [1.82, 2.24) is 10.2 Å². The number of likely N-dealkylation sites (N-methyl/N-ethyl adjacent to an activating group) is 1. The van der Waals surface area contributed by atoms with E-state index in [0.29, 0.717) is 19.7 Å². The molecule has 112 valence electrons. The van der Waals surface area contributed by atoms with Crippen LogP contribution >= 0.6 is 0 Å². The molecule has 0 radical (unpaired) electrons. The fourth-order valence-corrected chi connectivity index (χ4v) is 2.57. The number of alkyl halides is 3. The topological polar surface area (TPSA) is 24.5 Å². The molecule has 0 spiro atoms. The molecule has 1 saturated heterocycles. The Kier molecular flexibility index (Phi) is 5.01. The molecule has 20 heavy (non-hydrogen) atoms. The largest absolute Gasteiger partial charge is 0.408 e. The maximum Gasteiger partial charge on any atom is 0.408 e. The van der Waals surface area contributed by atoms with Crippen LogP contribution in [-0.4, -0.2) is 50.5 Å². The lowest BCUT2D eigenvalue weighted by Gasteiger charge is -2.39. The smallest absolute Gasteiger partial charge is 0.374 e. The van der Waals surface area contributed by atoms with Crippen LogP contribution in [0.1, 0.15) is 11.6 Å². The molecule has 0 bridgehead atoms. The molecular formula is C14H19F3N2O. The Morgan fingerprint density at radius 1 is 1.35 bits per heavy atom. The van der Waals surface area contributed by atoms with Crippen molar-refractivity contribution in [3.05, 3.63) is 35.9 Å². The molecule has 0 saturated carbocycles. The Bertz CT molecular complexity index is 409. The summed E-state index contributed by atoms with van der Waals surface area (Å²) in [6.07, 6.45) is -4.49. The minimum atomic E-state index is -4.29. The standard InChI is InChI=1S/C14H19F3N2O/c1-18-9-12-10-19(7-8-20-12)13(14(15,16)17)11-5-3-2-4-6-11/h2-6,12-13,18H,7-10H2,1H3. The molecule has 1 fully saturated rings. The maximum atomic E-state index is 13.4. The lowest BCUT2D eigenvalue weighted by molar-refractivity contribution is -0.199. The highest BCUT2D eigenvalue weighted by Crippen LogP contribution is 2.38. The fraction of sp³-hybridized carbons (Fsp3) is 0.571. The quantitative estimate of drug-likeness (QED) is 0.919. The van der Waals surface area contributed by atoms with Crippen LogP contribution in [0.2, 0.25) is 0 Å². The molecule has 1 aromatic carbocycles. The predicted molar refractivity (Wildman–Crippen MR) is 70.5 cm³/mol. The van der Waals surface area contributed by atoms with Crippen LogP contribution in [0.25, 0.3) is 0 Å². The summed E-state index contributed by atoms with van der Waals surface area (Å²) in [5, 5.41) is 2.94. The number of hydrogen-bond donors (Lipinski definition) is 1. The highest BCUT2D eigenvalue weighted by Gasteiger charge is 2.45. The third kappa shape index (κ3) is 3.71. The zero-order valence-electron chi connectivity index (χ0n) is 11.4. The van der Waals surface area contributed by atoms with Crippen molar-refractivity contribution in [3.8, 4) is 0 Å². The highest BCUT2D eigenvalue weighted by atomic mass is 19.4. The van der Waals surface area contributed by atoms with Crippen LogP contribution in [-0.2, 0) is 4.74 Å². The summed E-state index contributed by atoms with van der Waals surface area (Å²) in [5.74, 6) is 0. The van der Waals surface area contributed by atoms with Gasteiger partial charge in [-0.05, 0) is 12.6 Å². The third-order valence-electron chi connectivity index (χ3n) is 3.39. The third-order valence-corrected chi connectivity index (χ3v) is 3.39. The summed E-state index contributed by atoms with van der Waals surface area (Å²) in [7, 11) is 1.76. The van der Waals surface area contributed by atoms with Gasteiger partial charge in [-0.3, -0.25) is 4.90 Å². The molecule has 1 N–H and O–H groups in total. The Balaban J connectivity index is 2.19. The van der Waals surface area contributed by atoms with E-state index in [9.17, 15) is 13.2 Å². The number of ether oxygens (including phenoxy) is 1. The van der Waals surface area contributed by atoms with Crippen molar-refractivity contribution in [3.63, 3.8) is 0 Å². The first-order valence-corrected chi connectivity index (χ1v) is 6.64. The molecule has 2 rings (SSSR count). The van der Waals surface area contributed by atoms with Gasteiger partial charge in [0.1, 0.15) is 6.04 Å². The van der Waals surface area contributed by atoms with Gasteiger partial charge in [-0.15, -0.1) is 0 Å². The number of benzene rings is 1. The van der Waals surface area contributed by atoms with Crippen LogP contribution in [0, 0.1) is 0 Å². The first-order valence-electron chi connectivity index (χ1n) is 6.64. The number of morpholine rings is 1. The Morgan fingerprint density at radius 3 is 2.65 bits per heavy atom. The zero-order chi connectivity index (χ0) is 14.6. The van der Waals surface area contributed by atoms with Gasteiger partial charge >= 0.3 is 6.18 Å². The Morgan fingerprint density at radius 2 is 2.05 bits per heavy atom. The summed E-state index contributed by atoms with van der Waals surface area (Å²) in [6, 6.07) is 6.49. The monoisotopic (exact) mass is 288 g/mol. The lowest BCUT2D eigenvalue weighted by Crippen LogP contribution is -2.50. The van der Waals surface area contributed by atoms with Crippen molar-refractivity contribution < 1.29 is 17.9 Å².